The van der Waals surface area contributed by atoms with E-state index in [1.54, 1.807) is 12.1 Å². The molecule has 0 aliphatic carbocycles. The fourth-order valence-electron chi connectivity index (χ4n) is 2.18. The predicted molar refractivity (Wildman–Crippen MR) is 74.0 cm³/mol. The first kappa shape index (κ1) is 14.3. The van der Waals surface area contributed by atoms with E-state index < -0.39 is 12.0 Å². The Bertz CT molecular complexity index is 516. The molecule has 0 radical (unpaired) electrons. The number of ether oxygens (including phenoxy) is 1. The molecule has 6 nitrogen and oxygen atoms in total. The van der Waals surface area contributed by atoms with E-state index in [9.17, 15) is 9.59 Å². The molecule has 1 unspecified atom stereocenters. The first-order valence-electron chi connectivity index (χ1n) is 6.51. The second-order valence-electron chi connectivity index (χ2n) is 4.69. The maximum absolute atomic E-state index is 12.1. The van der Waals surface area contributed by atoms with E-state index in [2.05, 4.69) is 10.6 Å². The lowest BCUT2D eigenvalue weighted by molar-refractivity contribution is -0.139. The molecule has 20 heavy (non-hydrogen) atoms. The average molecular weight is 278 g/mol. The molecule has 1 aromatic rings. The summed E-state index contributed by atoms with van der Waals surface area (Å²) in [6.45, 7) is 1.15. The van der Waals surface area contributed by atoms with Gasteiger partial charge in [-0.15, -0.1) is 0 Å². The Labute approximate surface area is 117 Å². The number of carboxylic acids is 1. The Morgan fingerprint density at radius 2 is 2.30 bits per heavy atom. The van der Waals surface area contributed by atoms with Crippen molar-refractivity contribution in [2.24, 2.45) is 0 Å². The van der Waals surface area contributed by atoms with Crippen molar-refractivity contribution in [2.45, 2.75) is 18.9 Å². The van der Waals surface area contributed by atoms with Gasteiger partial charge >= 0.3 is 5.97 Å². The van der Waals surface area contributed by atoms with Gasteiger partial charge in [0.25, 0.3) is 5.91 Å². The third kappa shape index (κ3) is 3.27. The normalized spacial score (nSPS) is 14.2. The molecular formula is C14H18N2O4. The van der Waals surface area contributed by atoms with Gasteiger partial charge in [0.15, 0.2) is 0 Å². The van der Waals surface area contributed by atoms with Gasteiger partial charge in [-0.3, -0.25) is 4.79 Å². The minimum absolute atomic E-state index is 0.240. The number of anilines is 1. The predicted octanol–water partition coefficient (Wildman–Crippen LogP) is 0.874. The van der Waals surface area contributed by atoms with E-state index in [0.717, 1.165) is 24.2 Å². The van der Waals surface area contributed by atoms with E-state index in [-0.39, 0.29) is 18.9 Å². The van der Waals surface area contributed by atoms with Crippen molar-refractivity contribution in [3.05, 3.63) is 29.3 Å². The van der Waals surface area contributed by atoms with Crippen LogP contribution in [0.2, 0.25) is 0 Å². The third-order valence-corrected chi connectivity index (χ3v) is 3.29. The maximum Gasteiger partial charge on any atom is 0.326 e. The summed E-state index contributed by atoms with van der Waals surface area (Å²) >= 11 is 0. The zero-order chi connectivity index (χ0) is 14.5. The van der Waals surface area contributed by atoms with Crippen LogP contribution in [-0.2, 0) is 16.0 Å². The van der Waals surface area contributed by atoms with Crippen molar-refractivity contribution < 1.29 is 19.4 Å². The summed E-state index contributed by atoms with van der Waals surface area (Å²) < 4.78 is 4.85. The third-order valence-electron chi connectivity index (χ3n) is 3.29. The fraction of sp³-hybridized carbons (Fsp3) is 0.429. The molecule has 0 saturated heterocycles. The molecule has 1 amide bonds. The maximum atomic E-state index is 12.1. The largest absolute Gasteiger partial charge is 0.480 e. The summed E-state index contributed by atoms with van der Waals surface area (Å²) in [5, 5.41) is 14.8. The van der Waals surface area contributed by atoms with Crippen LogP contribution in [0.15, 0.2) is 18.2 Å². The summed E-state index contributed by atoms with van der Waals surface area (Å²) in [5.41, 5.74) is 2.60. The van der Waals surface area contributed by atoms with Crippen molar-refractivity contribution in [2.75, 3.05) is 25.6 Å². The smallest absolute Gasteiger partial charge is 0.326 e. The zero-order valence-corrected chi connectivity index (χ0v) is 11.3. The van der Waals surface area contributed by atoms with Gasteiger partial charge in [-0.25, -0.2) is 4.79 Å². The van der Waals surface area contributed by atoms with Crippen LogP contribution in [0.3, 0.4) is 0 Å². The highest BCUT2D eigenvalue weighted by atomic mass is 16.5. The molecule has 3 N–H and O–H groups in total. The van der Waals surface area contributed by atoms with Gasteiger partial charge in [0.05, 0.1) is 0 Å². The standard InChI is InChI=1S/C14H18N2O4/c1-20-7-5-12(14(18)19)16-13(17)10-2-3-11-9(8-10)4-6-15-11/h2-3,8,12,15H,4-7H2,1H3,(H,16,17)(H,18,19). The van der Waals surface area contributed by atoms with Gasteiger partial charge in [-0.2, -0.15) is 0 Å². The number of aliphatic carboxylic acids is 1. The van der Waals surface area contributed by atoms with Crippen LogP contribution >= 0.6 is 0 Å². The number of carboxylic acid groups (broad SMARTS) is 1. The second-order valence-corrected chi connectivity index (χ2v) is 4.69. The highest BCUT2D eigenvalue weighted by molar-refractivity contribution is 5.97. The van der Waals surface area contributed by atoms with E-state index >= 15 is 0 Å². The Balaban J connectivity index is 2.04. The van der Waals surface area contributed by atoms with Crippen molar-refractivity contribution >= 4 is 17.6 Å². The van der Waals surface area contributed by atoms with Crippen LogP contribution in [0.1, 0.15) is 22.3 Å². The van der Waals surface area contributed by atoms with Crippen molar-refractivity contribution in [1.82, 2.24) is 5.32 Å². The molecule has 2 rings (SSSR count). The average Bonchev–Trinajstić information content (AvgIpc) is 2.90. The number of hydrogen-bond acceptors (Lipinski definition) is 4. The SMILES string of the molecule is COCCC(NC(=O)c1ccc2c(c1)CCN2)C(=O)O. The van der Waals surface area contributed by atoms with Crippen LogP contribution in [-0.4, -0.2) is 43.3 Å². The van der Waals surface area contributed by atoms with E-state index in [1.807, 2.05) is 6.07 Å². The second kappa shape index (κ2) is 6.38. The van der Waals surface area contributed by atoms with Crippen molar-refractivity contribution in [3.63, 3.8) is 0 Å². The summed E-state index contributed by atoms with van der Waals surface area (Å²) in [4.78, 5) is 23.2. The van der Waals surface area contributed by atoms with E-state index in [1.165, 1.54) is 7.11 Å². The molecule has 1 atom stereocenters. The van der Waals surface area contributed by atoms with Crippen LogP contribution in [0, 0.1) is 0 Å². The van der Waals surface area contributed by atoms with Gasteiger partial charge in [0.1, 0.15) is 6.04 Å². The zero-order valence-electron chi connectivity index (χ0n) is 11.3. The molecule has 6 heteroatoms. The van der Waals surface area contributed by atoms with Gasteiger partial charge < -0.3 is 20.5 Å². The van der Waals surface area contributed by atoms with Gasteiger partial charge in [0.2, 0.25) is 0 Å². The van der Waals surface area contributed by atoms with Crippen LogP contribution in [0.25, 0.3) is 0 Å². The molecule has 0 saturated carbocycles. The molecule has 1 aromatic carbocycles. The molecule has 0 aromatic heterocycles. The minimum Gasteiger partial charge on any atom is -0.480 e. The summed E-state index contributed by atoms with van der Waals surface area (Å²) in [6, 6.07) is 4.41. The summed E-state index contributed by atoms with van der Waals surface area (Å²) in [7, 11) is 1.49. The van der Waals surface area contributed by atoms with Crippen LogP contribution in [0.4, 0.5) is 5.69 Å². The molecule has 108 valence electrons. The van der Waals surface area contributed by atoms with Gasteiger partial charge in [-0.05, 0) is 30.2 Å². The van der Waals surface area contributed by atoms with Crippen LogP contribution in [0.5, 0.6) is 0 Å². The molecule has 0 fully saturated rings. The van der Waals surface area contributed by atoms with Crippen LogP contribution < -0.4 is 10.6 Å². The minimum atomic E-state index is -1.06. The molecule has 0 bridgehead atoms. The topological polar surface area (TPSA) is 87.7 Å². The number of methoxy groups -OCH3 is 1. The van der Waals surface area contributed by atoms with Gasteiger partial charge in [-0.1, -0.05) is 0 Å². The fourth-order valence-corrected chi connectivity index (χ4v) is 2.18. The quantitative estimate of drug-likeness (QED) is 0.719. The lowest BCUT2D eigenvalue weighted by Gasteiger charge is -2.14. The number of amides is 1. The number of carbonyl (C=O) groups excluding carboxylic acids is 1. The number of benzene rings is 1. The summed E-state index contributed by atoms with van der Waals surface area (Å²) in [5.74, 6) is -1.43. The van der Waals surface area contributed by atoms with E-state index in [0.29, 0.717) is 5.56 Å². The van der Waals surface area contributed by atoms with Crippen molar-refractivity contribution in [1.29, 1.82) is 0 Å². The summed E-state index contributed by atoms with van der Waals surface area (Å²) in [6.07, 6.45) is 1.12. The number of rotatable bonds is 6. The number of carbonyl (C=O) groups is 2. The molecule has 1 heterocycles. The molecule has 0 spiro atoms. The molecule has 1 aliphatic rings. The Morgan fingerprint density at radius 3 is 3.00 bits per heavy atom. The van der Waals surface area contributed by atoms with Crippen molar-refractivity contribution in [3.8, 4) is 0 Å². The number of hydrogen-bond donors (Lipinski definition) is 3. The first-order chi connectivity index (χ1) is 9.61. The molecular weight excluding hydrogens is 260 g/mol. The highest BCUT2D eigenvalue weighted by Gasteiger charge is 2.21. The number of nitrogens with one attached hydrogen (secondary N) is 2. The Kier molecular flexibility index (Phi) is 4.57. The Hall–Kier alpha value is -2.08. The van der Waals surface area contributed by atoms with Gasteiger partial charge in [0, 0.05) is 37.9 Å². The van der Waals surface area contributed by atoms with E-state index in [4.69, 9.17) is 9.84 Å². The lowest BCUT2D eigenvalue weighted by Crippen LogP contribution is -2.41. The molecule has 1 aliphatic heterocycles. The first-order valence-corrected chi connectivity index (χ1v) is 6.51. The monoisotopic (exact) mass is 278 g/mol. The Morgan fingerprint density at radius 1 is 1.50 bits per heavy atom. The lowest BCUT2D eigenvalue weighted by atomic mass is 10.1. The highest BCUT2D eigenvalue weighted by Crippen LogP contribution is 2.22. The number of fused-ring (bicyclic) bond motifs is 1.